The van der Waals surface area contributed by atoms with E-state index in [9.17, 15) is 4.39 Å². The average molecular weight is 368 g/mol. The monoisotopic (exact) mass is 368 g/mol. The molecule has 0 aliphatic heterocycles. The van der Waals surface area contributed by atoms with Gasteiger partial charge in [0, 0.05) is 33.9 Å². The third kappa shape index (κ3) is 3.42. The molecule has 1 N–H and O–H groups in total. The first-order valence-electron chi connectivity index (χ1n) is 7.55. The summed E-state index contributed by atoms with van der Waals surface area (Å²) in [6.45, 7) is 2.05. The van der Waals surface area contributed by atoms with Crippen LogP contribution in [-0.2, 0) is 0 Å². The first-order chi connectivity index (χ1) is 12.2. The molecule has 4 rings (SSSR count). The van der Waals surface area contributed by atoms with Crippen LogP contribution in [0.4, 0.5) is 15.2 Å². The highest BCUT2D eigenvalue weighted by molar-refractivity contribution is 7.17. The Hall–Kier alpha value is -2.64. The number of rotatable bonds is 4. The van der Waals surface area contributed by atoms with E-state index in [4.69, 9.17) is 4.98 Å². The molecule has 0 bridgehead atoms. The molecule has 4 aromatic rings. The van der Waals surface area contributed by atoms with Crippen LogP contribution in [0.1, 0.15) is 4.88 Å². The van der Waals surface area contributed by atoms with Gasteiger partial charge in [0.25, 0.3) is 0 Å². The molecule has 0 aliphatic carbocycles. The number of nitrogens with one attached hydrogen (secondary N) is 1. The van der Waals surface area contributed by atoms with Crippen molar-refractivity contribution in [1.29, 1.82) is 0 Å². The van der Waals surface area contributed by atoms with Crippen LogP contribution in [0.25, 0.3) is 22.0 Å². The summed E-state index contributed by atoms with van der Waals surface area (Å²) in [6, 6.07) is 10.2. The zero-order chi connectivity index (χ0) is 17.2. The van der Waals surface area contributed by atoms with Gasteiger partial charge in [-0.2, -0.15) is 0 Å². The van der Waals surface area contributed by atoms with Crippen LogP contribution in [-0.4, -0.2) is 15.0 Å². The van der Waals surface area contributed by atoms with Gasteiger partial charge in [0.05, 0.1) is 5.69 Å². The number of aryl methyl sites for hydroxylation is 1. The lowest BCUT2D eigenvalue weighted by molar-refractivity contribution is 0.628. The van der Waals surface area contributed by atoms with E-state index < -0.39 is 0 Å². The smallest absolute Gasteiger partial charge is 0.187 e. The number of benzene rings is 1. The summed E-state index contributed by atoms with van der Waals surface area (Å²) in [5, 5.41) is 6.65. The molecule has 0 saturated heterocycles. The van der Waals surface area contributed by atoms with Crippen molar-refractivity contribution >= 4 is 33.5 Å². The van der Waals surface area contributed by atoms with Gasteiger partial charge < -0.3 is 5.32 Å². The van der Waals surface area contributed by atoms with Gasteiger partial charge in [-0.15, -0.1) is 22.7 Å². The Morgan fingerprint density at radius 2 is 1.92 bits per heavy atom. The molecule has 0 spiro atoms. The van der Waals surface area contributed by atoms with Crippen LogP contribution in [0, 0.1) is 12.7 Å². The molecule has 0 aliphatic rings. The van der Waals surface area contributed by atoms with E-state index in [2.05, 4.69) is 22.2 Å². The van der Waals surface area contributed by atoms with E-state index in [1.54, 1.807) is 35.9 Å². The minimum atomic E-state index is -0.278. The van der Waals surface area contributed by atoms with Crippen molar-refractivity contribution < 1.29 is 4.39 Å². The van der Waals surface area contributed by atoms with Crippen LogP contribution in [0.15, 0.2) is 54.2 Å². The highest BCUT2D eigenvalue weighted by Gasteiger charge is 2.14. The molecule has 7 heteroatoms. The van der Waals surface area contributed by atoms with E-state index in [-0.39, 0.29) is 5.82 Å². The van der Waals surface area contributed by atoms with E-state index in [0.29, 0.717) is 10.8 Å². The Balaban J connectivity index is 1.60. The van der Waals surface area contributed by atoms with E-state index in [1.165, 1.54) is 23.5 Å². The first-order valence-corrected chi connectivity index (χ1v) is 9.25. The molecule has 3 heterocycles. The second-order valence-corrected chi connectivity index (χ2v) is 7.39. The standard InChI is InChI=1S/C18H13FN4S2/c1-11-16(12-5-7-20-8-6-12)23-17(25-11)15-10-24-18(22-15)21-14-4-2-3-13(19)9-14/h2-10H,1H3,(H,21,22). The summed E-state index contributed by atoms with van der Waals surface area (Å²) < 4.78 is 13.3. The highest BCUT2D eigenvalue weighted by atomic mass is 32.1. The number of pyridine rings is 1. The van der Waals surface area contributed by atoms with E-state index in [1.807, 2.05) is 17.5 Å². The summed E-state index contributed by atoms with van der Waals surface area (Å²) in [4.78, 5) is 14.5. The van der Waals surface area contributed by atoms with Crippen molar-refractivity contribution in [2.24, 2.45) is 0 Å². The van der Waals surface area contributed by atoms with Gasteiger partial charge in [0.2, 0.25) is 0 Å². The molecule has 0 unspecified atom stereocenters. The zero-order valence-electron chi connectivity index (χ0n) is 13.2. The number of aromatic nitrogens is 3. The van der Waals surface area contributed by atoms with Gasteiger partial charge in [-0.1, -0.05) is 6.07 Å². The largest absolute Gasteiger partial charge is 0.331 e. The summed E-state index contributed by atoms with van der Waals surface area (Å²) in [7, 11) is 0. The predicted octanol–water partition coefficient (Wildman–Crippen LogP) is 5.52. The zero-order valence-corrected chi connectivity index (χ0v) is 14.9. The average Bonchev–Trinajstić information content (AvgIpc) is 3.22. The summed E-state index contributed by atoms with van der Waals surface area (Å²) in [5.41, 5.74) is 3.49. The third-order valence-electron chi connectivity index (χ3n) is 3.55. The van der Waals surface area contributed by atoms with Gasteiger partial charge in [0.1, 0.15) is 16.5 Å². The van der Waals surface area contributed by atoms with Gasteiger partial charge in [-0.05, 0) is 37.3 Å². The molecule has 3 aromatic heterocycles. The predicted molar refractivity (Wildman–Crippen MR) is 101 cm³/mol. The lowest BCUT2D eigenvalue weighted by Crippen LogP contribution is -1.90. The van der Waals surface area contributed by atoms with Gasteiger partial charge in [0.15, 0.2) is 5.13 Å². The molecular weight excluding hydrogens is 355 g/mol. The maximum absolute atomic E-state index is 13.3. The minimum Gasteiger partial charge on any atom is -0.331 e. The quantitative estimate of drug-likeness (QED) is 0.515. The number of halogens is 1. The Morgan fingerprint density at radius 1 is 1.08 bits per heavy atom. The van der Waals surface area contributed by atoms with Crippen LogP contribution >= 0.6 is 22.7 Å². The lowest BCUT2D eigenvalue weighted by atomic mass is 10.2. The topological polar surface area (TPSA) is 50.7 Å². The van der Waals surface area contributed by atoms with Gasteiger partial charge in [-0.3, -0.25) is 4.98 Å². The van der Waals surface area contributed by atoms with Crippen molar-refractivity contribution in [2.45, 2.75) is 6.92 Å². The maximum Gasteiger partial charge on any atom is 0.187 e. The maximum atomic E-state index is 13.3. The number of thiazole rings is 2. The second kappa shape index (κ2) is 6.70. The summed E-state index contributed by atoms with van der Waals surface area (Å²) >= 11 is 3.08. The summed E-state index contributed by atoms with van der Waals surface area (Å²) in [6.07, 6.45) is 3.52. The number of nitrogens with zero attached hydrogens (tertiary/aromatic N) is 3. The Labute approximate surface area is 152 Å². The fourth-order valence-corrected chi connectivity index (χ4v) is 4.09. The fraction of sp³-hybridized carbons (Fsp3) is 0.0556. The second-order valence-electron chi connectivity index (χ2n) is 5.33. The van der Waals surface area contributed by atoms with E-state index >= 15 is 0 Å². The van der Waals surface area contributed by atoms with Crippen molar-refractivity contribution in [1.82, 2.24) is 15.0 Å². The van der Waals surface area contributed by atoms with Crippen molar-refractivity contribution in [3.05, 3.63) is 64.9 Å². The third-order valence-corrected chi connectivity index (χ3v) is 5.30. The van der Waals surface area contributed by atoms with Crippen LogP contribution < -0.4 is 5.32 Å². The highest BCUT2D eigenvalue weighted by Crippen LogP contribution is 2.34. The molecular formula is C18H13FN4S2. The number of hydrogen-bond donors (Lipinski definition) is 1. The molecule has 0 radical (unpaired) electrons. The van der Waals surface area contributed by atoms with Crippen LogP contribution in [0.2, 0.25) is 0 Å². The lowest BCUT2D eigenvalue weighted by Gasteiger charge is -2.01. The number of hydrogen-bond acceptors (Lipinski definition) is 6. The molecule has 1 aromatic carbocycles. The van der Waals surface area contributed by atoms with Gasteiger partial charge in [-0.25, -0.2) is 14.4 Å². The molecule has 0 atom stereocenters. The van der Waals surface area contributed by atoms with Crippen LogP contribution in [0.3, 0.4) is 0 Å². The fourth-order valence-electron chi connectivity index (χ4n) is 2.40. The normalized spacial score (nSPS) is 10.8. The molecule has 0 fully saturated rings. The van der Waals surface area contributed by atoms with Gasteiger partial charge >= 0.3 is 0 Å². The minimum absolute atomic E-state index is 0.278. The van der Waals surface area contributed by atoms with Crippen molar-refractivity contribution in [3.8, 4) is 22.0 Å². The first kappa shape index (κ1) is 15.9. The summed E-state index contributed by atoms with van der Waals surface area (Å²) in [5.74, 6) is -0.278. The van der Waals surface area contributed by atoms with Crippen molar-refractivity contribution in [2.75, 3.05) is 5.32 Å². The Bertz CT molecular complexity index is 1010. The Kier molecular flexibility index (Phi) is 4.25. The van der Waals surface area contributed by atoms with E-state index in [0.717, 1.165) is 26.8 Å². The Morgan fingerprint density at radius 3 is 2.72 bits per heavy atom. The molecule has 0 amide bonds. The number of anilines is 2. The molecule has 4 nitrogen and oxygen atoms in total. The van der Waals surface area contributed by atoms with Crippen molar-refractivity contribution in [3.63, 3.8) is 0 Å². The molecule has 0 saturated carbocycles. The molecule has 25 heavy (non-hydrogen) atoms. The SMILES string of the molecule is Cc1sc(-c2csc(Nc3cccc(F)c3)n2)nc1-c1ccncc1. The molecule has 124 valence electrons. The van der Waals surface area contributed by atoms with Crippen LogP contribution in [0.5, 0.6) is 0 Å².